The Kier molecular flexibility index (Phi) is 2.71. The van der Waals surface area contributed by atoms with Gasteiger partial charge in [0, 0.05) is 0 Å². The van der Waals surface area contributed by atoms with Gasteiger partial charge < -0.3 is 5.32 Å². The molecule has 0 aromatic heterocycles. The number of para-hydroxylation sites is 1. The predicted octanol–water partition coefficient (Wildman–Crippen LogP) is 2.42. The normalized spacial score (nSPS) is 23.7. The summed E-state index contributed by atoms with van der Waals surface area (Å²) >= 11 is 0. The molecule has 102 valence electrons. The van der Waals surface area contributed by atoms with Crippen LogP contribution in [0.15, 0.2) is 23.1 Å². The van der Waals surface area contributed by atoms with E-state index in [-0.39, 0.29) is 10.8 Å². The molecule has 1 heterocycles. The first-order valence-corrected chi connectivity index (χ1v) is 8.13. The molecule has 0 atom stereocenters. The maximum atomic E-state index is 12.9. The Hall–Kier alpha value is -1.36. The minimum atomic E-state index is -3.59. The minimum Gasteiger partial charge on any atom is -0.323 e. The van der Waals surface area contributed by atoms with Crippen molar-refractivity contribution in [2.24, 2.45) is 0 Å². The molecular formula is C14H17NO3S. The second-order valence-electron chi connectivity index (χ2n) is 5.46. The van der Waals surface area contributed by atoms with Crippen LogP contribution in [0, 0.1) is 6.92 Å². The second-order valence-corrected chi connectivity index (χ2v) is 7.69. The number of aryl methyl sites for hydroxylation is 1. The number of benzene rings is 1. The van der Waals surface area contributed by atoms with Gasteiger partial charge in [-0.3, -0.25) is 4.79 Å². The van der Waals surface area contributed by atoms with E-state index in [9.17, 15) is 13.2 Å². The average molecular weight is 279 g/mol. The molecule has 2 aliphatic rings. The molecule has 0 radical (unpaired) electrons. The Morgan fingerprint density at radius 1 is 1.16 bits per heavy atom. The van der Waals surface area contributed by atoms with Crippen LogP contribution in [-0.4, -0.2) is 19.1 Å². The Morgan fingerprint density at radius 2 is 1.84 bits per heavy atom. The highest BCUT2D eigenvalue weighted by molar-refractivity contribution is 7.94. The number of hydrogen-bond donors (Lipinski definition) is 1. The molecule has 1 aromatic carbocycles. The van der Waals surface area contributed by atoms with E-state index < -0.39 is 14.6 Å². The Labute approximate surface area is 113 Å². The smallest absolute Gasteiger partial charge is 0.246 e. The molecule has 3 rings (SSSR count). The van der Waals surface area contributed by atoms with Crippen LogP contribution in [0.4, 0.5) is 5.69 Å². The molecule has 1 aromatic rings. The summed E-state index contributed by atoms with van der Waals surface area (Å²) in [4.78, 5) is 12.7. The van der Waals surface area contributed by atoms with E-state index in [0.717, 1.165) is 24.8 Å². The zero-order chi connectivity index (χ0) is 13.7. The zero-order valence-electron chi connectivity index (χ0n) is 10.9. The summed E-state index contributed by atoms with van der Waals surface area (Å²) in [5.74, 6) is -0.339. The number of hydrogen-bond acceptors (Lipinski definition) is 3. The van der Waals surface area contributed by atoms with Gasteiger partial charge in [0.15, 0.2) is 14.6 Å². The first kappa shape index (κ1) is 12.7. The Balaban J connectivity index is 2.25. The third-order valence-electron chi connectivity index (χ3n) is 4.35. The number of anilines is 1. The van der Waals surface area contributed by atoms with E-state index >= 15 is 0 Å². The molecule has 1 fully saturated rings. The highest BCUT2D eigenvalue weighted by atomic mass is 32.2. The number of amides is 1. The van der Waals surface area contributed by atoms with Crippen LogP contribution in [-0.2, 0) is 14.6 Å². The first-order valence-electron chi connectivity index (χ1n) is 6.65. The maximum Gasteiger partial charge on any atom is 0.246 e. The standard InChI is InChI=1S/C14H17NO3S/c1-10-6-5-7-11-12(10)15-13(16)14(19(11,17)18)8-3-2-4-9-14/h5-7H,2-4,8-9H2,1H3,(H,15,16). The highest BCUT2D eigenvalue weighted by Gasteiger charge is 2.55. The predicted molar refractivity (Wildman–Crippen MR) is 72.8 cm³/mol. The quantitative estimate of drug-likeness (QED) is 0.793. The van der Waals surface area contributed by atoms with Gasteiger partial charge in [-0.2, -0.15) is 0 Å². The lowest BCUT2D eigenvalue weighted by atomic mass is 9.87. The van der Waals surface area contributed by atoms with Crippen molar-refractivity contribution in [2.75, 3.05) is 5.32 Å². The van der Waals surface area contributed by atoms with Crippen LogP contribution in [0.1, 0.15) is 37.7 Å². The fraction of sp³-hybridized carbons (Fsp3) is 0.500. The van der Waals surface area contributed by atoms with E-state index in [1.165, 1.54) is 0 Å². The number of nitrogens with one attached hydrogen (secondary N) is 1. The molecule has 0 unspecified atom stereocenters. The zero-order valence-corrected chi connectivity index (χ0v) is 11.7. The van der Waals surface area contributed by atoms with Gasteiger partial charge in [-0.25, -0.2) is 8.42 Å². The van der Waals surface area contributed by atoms with Crippen molar-refractivity contribution in [1.82, 2.24) is 0 Å². The summed E-state index contributed by atoms with van der Waals surface area (Å²) in [6.45, 7) is 1.81. The number of rotatable bonds is 0. The van der Waals surface area contributed by atoms with Crippen molar-refractivity contribution in [3.05, 3.63) is 23.8 Å². The molecular weight excluding hydrogens is 262 g/mol. The first-order chi connectivity index (χ1) is 8.99. The summed E-state index contributed by atoms with van der Waals surface area (Å²) in [6, 6.07) is 5.15. The van der Waals surface area contributed by atoms with Crippen molar-refractivity contribution >= 4 is 21.4 Å². The van der Waals surface area contributed by atoms with Gasteiger partial charge in [-0.05, 0) is 31.4 Å². The van der Waals surface area contributed by atoms with E-state index in [0.29, 0.717) is 18.5 Å². The average Bonchev–Trinajstić information content (AvgIpc) is 2.40. The monoisotopic (exact) mass is 279 g/mol. The third-order valence-corrected chi connectivity index (χ3v) is 6.89. The molecule has 1 spiro atoms. The molecule has 1 aliphatic carbocycles. The second kappa shape index (κ2) is 4.07. The van der Waals surface area contributed by atoms with E-state index in [1.807, 2.05) is 13.0 Å². The summed E-state index contributed by atoms with van der Waals surface area (Å²) in [5, 5.41) is 2.83. The van der Waals surface area contributed by atoms with Crippen LogP contribution in [0.3, 0.4) is 0 Å². The maximum absolute atomic E-state index is 12.9. The highest BCUT2D eigenvalue weighted by Crippen LogP contribution is 2.45. The molecule has 1 saturated carbocycles. The third kappa shape index (κ3) is 1.57. The summed E-state index contributed by atoms with van der Waals surface area (Å²) in [5.41, 5.74) is 1.25. The fourth-order valence-electron chi connectivity index (χ4n) is 3.20. The van der Waals surface area contributed by atoms with E-state index in [4.69, 9.17) is 0 Å². The molecule has 1 aliphatic heterocycles. The summed E-state index contributed by atoms with van der Waals surface area (Å²) in [6.07, 6.45) is 3.48. The van der Waals surface area contributed by atoms with Crippen molar-refractivity contribution in [3.63, 3.8) is 0 Å². The summed E-state index contributed by atoms with van der Waals surface area (Å²) in [7, 11) is -3.59. The van der Waals surface area contributed by atoms with Crippen molar-refractivity contribution in [3.8, 4) is 0 Å². The molecule has 1 amide bonds. The lowest BCUT2D eigenvalue weighted by Crippen LogP contribution is -2.53. The molecule has 4 nitrogen and oxygen atoms in total. The van der Waals surface area contributed by atoms with Gasteiger partial charge in [-0.1, -0.05) is 31.4 Å². The van der Waals surface area contributed by atoms with E-state index in [2.05, 4.69) is 5.32 Å². The van der Waals surface area contributed by atoms with Crippen LogP contribution in [0.25, 0.3) is 0 Å². The lowest BCUT2D eigenvalue weighted by Gasteiger charge is -2.39. The molecule has 0 bridgehead atoms. The van der Waals surface area contributed by atoms with E-state index in [1.54, 1.807) is 12.1 Å². The van der Waals surface area contributed by atoms with Crippen LogP contribution in [0.5, 0.6) is 0 Å². The topological polar surface area (TPSA) is 63.2 Å². The van der Waals surface area contributed by atoms with Gasteiger partial charge in [0.05, 0.1) is 10.6 Å². The van der Waals surface area contributed by atoms with Crippen LogP contribution < -0.4 is 5.32 Å². The Bertz CT molecular complexity index is 643. The number of carbonyl (C=O) groups is 1. The van der Waals surface area contributed by atoms with Gasteiger partial charge >= 0.3 is 0 Å². The van der Waals surface area contributed by atoms with Gasteiger partial charge in [0.25, 0.3) is 0 Å². The van der Waals surface area contributed by atoms with Gasteiger partial charge in [0.1, 0.15) is 0 Å². The molecule has 19 heavy (non-hydrogen) atoms. The molecule has 1 N–H and O–H groups in total. The Morgan fingerprint density at radius 3 is 2.53 bits per heavy atom. The van der Waals surface area contributed by atoms with Crippen molar-refractivity contribution < 1.29 is 13.2 Å². The van der Waals surface area contributed by atoms with Gasteiger partial charge in [-0.15, -0.1) is 0 Å². The number of sulfone groups is 1. The minimum absolute atomic E-state index is 0.286. The fourth-order valence-corrected chi connectivity index (χ4v) is 5.48. The molecule has 5 heteroatoms. The summed E-state index contributed by atoms with van der Waals surface area (Å²) < 4.78 is 24.5. The van der Waals surface area contributed by atoms with Crippen LogP contribution >= 0.6 is 0 Å². The number of carbonyl (C=O) groups excluding carboxylic acids is 1. The van der Waals surface area contributed by atoms with Crippen molar-refractivity contribution in [1.29, 1.82) is 0 Å². The SMILES string of the molecule is Cc1cccc2c1NC(=O)C1(CCCCC1)S2(=O)=O. The van der Waals surface area contributed by atoms with Crippen LogP contribution in [0.2, 0.25) is 0 Å². The lowest BCUT2D eigenvalue weighted by molar-refractivity contribution is -0.119. The largest absolute Gasteiger partial charge is 0.323 e. The number of fused-ring (bicyclic) bond motifs is 1. The van der Waals surface area contributed by atoms with Gasteiger partial charge in [0.2, 0.25) is 5.91 Å². The molecule has 0 saturated heterocycles. The van der Waals surface area contributed by atoms with Crippen molar-refractivity contribution in [2.45, 2.75) is 48.7 Å².